The molecule has 0 aliphatic heterocycles. The first-order chi connectivity index (χ1) is 10.2. The van der Waals surface area contributed by atoms with Crippen molar-refractivity contribution in [3.05, 3.63) is 64.1 Å². The average molecular weight is 344 g/mol. The van der Waals surface area contributed by atoms with Gasteiger partial charge in [0.15, 0.2) is 5.76 Å². The van der Waals surface area contributed by atoms with Crippen LogP contribution in [0.4, 0.5) is 0 Å². The van der Waals surface area contributed by atoms with Crippen molar-refractivity contribution in [3.63, 3.8) is 0 Å². The first-order valence-corrected chi connectivity index (χ1v) is 7.41. The van der Waals surface area contributed by atoms with Gasteiger partial charge in [0.05, 0.1) is 12.2 Å². The van der Waals surface area contributed by atoms with Crippen LogP contribution in [0.25, 0.3) is 22.6 Å². The Kier molecular flexibility index (Phi) is 3.90. The molecule has 1 aromatic heterocycles. The van der Waals surface area contributed by atoms with E-state index in [1.165, 1.54) is 0 Å². The van der Waals surface area contributed by atoms with Crippen LogP contribution < -0.4 is 0 Å². The first kappa shape index (κ1) is 14.0. The molecule has 2 aromatic carbocycles. The number of rotatable bonds is 3. The largest absolute Gasteiger partial charge is 0.391 e. The van der Waals surface area contributed by atoms with E-state index in [1.54, 1.807) is 0 Å². The van der Waals surface area contributed by atoms with E-state index in [1.807, 2.05) is 55.5 Å². The van der Waals surface area contributed by atoms with Crippen molar-refractivity contribution in [2.24, 2.45) is 0 Å². The normalized spacial score (nSPS) is 10.8. The van der Waals surface area contributed by atoms with E-state index < -0.39 is 0 Å². The maximum Gasteiger partial charge on any atom is 0.173 e. The molecule has 1 N–H and O–H groups in total. The highest BCUT2D eigenvalue weighted by atomic mass is 79.9. The topological polar surface area (TPSA) is 46.3 Å². The summed E-state index contributed by atoms with van der Waals surface area (Å²) in [5.74, 6) is 0.618. The van der Waals surface area contributed by atoms with Gasteiger partial charge in [0.25, 0.3) is 0 Å². The van der Waals surface area contributed by atoms with E-state index in [-0.39, 0.29) is 6.61 Å². The summed E-state index contributed by atoms with van der Waals surface area (Å²) in [6.07, 6.45) is 0. The van der Waals surface area contributed by atoms with Crippen molar-refractivity contribution in [3.8, 4) is 22.6 Å². The lowest BCUT2D eigenvalue weighted by Crippen LogP contribution is -1.90. The third-order valence-corrected chi connectivity index (χ3v) is 4.05. The zero-order chi connectivity index (χ0) is 14.8. The number of halogens is 1. The minimum atomic E-state index is -0.122. The fraction of sp³-hybridized carbons (Fsp3) is 0.118. The Morgan fingerprint density at radius 3 is 2.67 bits per heavy atom. The number of nitrogens with zero attached hydrogens (tertiary/aromatic N) is 1. The summed E-state index contributed by atoms with van der Waals surface area (Å²) >= 11 is 3.51. The Morgan fingerprint density at radius 1 is 1.14 bits per heavy atom. The summed E-state index contributed by atoms with van der Waals surface area (Å²) in [5, 5.41) is 13.9. The van der Waals surface area contributed by atoms with Crippen LogP contribution in [-0.2, 0) is 6.61 Å². The second-order valence-corrected chi connectivity index (χ2v) is 5.70. The third-order valence-electron chi connectivity index (χ3n) is 3.36. The zero-order valence-electron chi connectivity index (χ0n) is 11.5. The number of aliphatic hydroxyl groups excluding tert-OH is 1. The second-order valence-electron chi connectivity index (χ2n) is 4.85. The fourth-order valence-electron chi connectivity index (χ4n) is 2.33. The Balaban J connectivity index is 2.16. The average Bonchev–Trinajstić information content (AvgIpc) is 2.91. The molecule has 0 atom stereocenters. The van der Waals surface area contributed by atoms with Gasteiger partial charge in [-0.25, -0.2) is 0 Å². The van der Waals surface area contributed by atoms with Crippen LogP contribution in [-0.4, -0.2) is 10.3 Å². The molecule has 0 saturated carbocycles. The number of hydrogen-bond donors (Lipinski definition) is 1. The molecule has 0 amide bonds. The van der Waals surface area contributed by atoms with Crippen LogP contribution in [0.3, 0.4) is 0 Å². The van der Waals surface area contributed by atoms with Crippen LogP contribution in [0.15, 0.2) is 57.5 Å². The molecule has 106 valence electrons. The van der Waals surface area contributed by atoms with Crippen molar-refractivity contribution in [1.29, 1.82) is 0 Å². The highest BCUT2D eigenvalue weighted by Gasteiger charge is 2.19. The Hall–Kier alpha value is -1.91. The monoisotopic (exact) mass is 343 g/mol. The van der Waals surface area contributed by atoms with E-state index in [0.717, 1.165) is 21.2 Å². The molecule has 0 aliphatic carbocycles. The number of benzene rings is 2. The van der Waals surface area contributed by atoms with Gasteiger partial charge >= 0.3 is 0 Å². The molecule has 0 spiro atoms. The molecule has 0 bridgehead atoms. The molecule has 0 aliphatic rings. The highest BCUT2D eigenvalue weighted by molar-refractivity contribution is 9.10. The molecular weight excluding hydrogens is 330 g/mol. The van der Waals surface area contributed by atoms with Crippen molar-refractivity contribution in [2.75, 3.05) is 0 Å². The number of aryl methyl sites for hydroxylation is 1. The Morgan fingerprint density at radius 2 is 1.95 bits per heavy atom. The first-order valence-electron chi connectivity index (χ1n) is 6.62. The number of aliphatic hydroxyl groups is 1. The SMILES string of the molecule is Cc1cccc(-c2onc(-c3ccccc3Br)c2CO)c1. The molecule has 0 saturated heterocycles. The van der Waals surface area contributed by atoms with Crippen LogP contribution >= 0.6 is 15.9 Å². The van der Waals surface area contributed by atoms with Gasteiger partial charge < -0.3 is 9.63 Å². The molecule has 3 rings (SSSR count). The highest BCUT2D eigenvalue weighted by Crippen LogP contribution is 2.35. The van der Waals surface area contributed by atoms with Gasteiger partial charge in [0.2, 0.25) is 0 Å². The van der Waals surface area contributed by atoms with Gasteiger partial charge in [-0.05, 0) is 19.1 Å². The molecule has 3 nitrogen and oxygen atoms in total. The molecule has 4 heteroatoms. The Bertz CT molecular complexity index is 780. The van der Waals surface area contributed by atoms with Gasteiger partial charge in [-0.3, -0.25) is 0 Å². The van der Waals surface area contributed by atoms with Gasteiger partial charge in [-0.15, -0.1) is 0 Å². The lowest BCUT2D eigenvalue weighted by molar-refractivity contribution is 0.281. The van der Waals surface area contributed by atoms with Crippen molar-refractivity contribution < 1.29 is 9.63 Å². The Labute approximate surface area is 131 Å². The molecule has 0 fully saturated rings. The minimum absolute atomic E-state index is 0.122. The molecule has 3 aromatic rings. The summed E-state index contributed by atoms with van der Waals surface area (Å²) in [7, 11) is 0. The van der Waals surface area contributed by atoms with Crippen molar-refractivity contribution in [2.45, 2.75) is 13.5 Å². The zero-order valence-corrected chi connectivity index (χ0v) is 13.1. The second kappa shape index (κ2) is 5.84. The molecule has 21 heavy (non-hydrogen) atoms. The molecular formula is C17H14BrNO2. The van der Waals surface area contributed by atoms with Crippen molar-refractivity contribution >= 4 is 15.9 Å². The van der Waals surface area contributed by atoms with Crippen molar-refractivity contribution in [1.82, 2.24) is 5.16 Å². The van der Waals surface area contributed by atoms with Crippen LogP contribution in [0.2, 0.25) is 0 Å². The standard InChI is InChI=1S/C17H14BrNO2/c1-11-5-4-6-12(9-11)17-14(10-20)16(19-21-17)13-7-2-3-8-15(13)18/h2-9,20H,10H2,1H3. The van der Waals surface area contributed by atoms with E-state index in [9.17, 15) is 5.11 Å². The number of hydrogen-bond acceptors (Lipinski definition) is 3. The van der Waals surface area contributed by atoms with E-state index in [0.29, 0.717) is 17.0 Å². The minimum Gasteiger partial charge on any atom is -0.391 e. The third kappa shape index (κ3) is 2.64. The maximum absolute atomic E-state index is 9.76. The summed E-state index contributed by atoms with van der Waals surface area (Å²) < 4.78 is 6.43. The predicted octanol–water partition coefficient (Wildman–Crippen LogP) is 4.57. The summed E-state index contributed by atoms with van der Waals surface area (Å²) in [5.41, 5.74) is 4.33. The van der Waals surface area contributed by atoms with E-state index in [2.05, 4.69) is 21.1 Å². The van der Waals surface area contributed by atoms with Crippen LogP contribution in [0.1, 0.15) is 11.1 Å². The van der Waals surface area contributed by atoms with Gasteiger partial charge in [0, 0.05) is 15.6 Å². The maximum atomic E-state index is 9.76. The van der Waals surface area contributed by atoms with E-state index in [4.69, 9.17) is 4.52 Å². The van der Waals surface area contributed by atoms with Crippen LogP contribution in [0.5, 0.6) is 0 Å². The summed E-state index contributed by atoms with van der Waals surface area (Å²) in [6.45, 7) is 1.90. The molecule has 1 heterocycles. The lowest BCUT2D eigenvalue weighted by Gasteiger charge is -2.03. The molecule has 0 unspecified atom stereocenters. The smallest absolute Gasteiger partial charge is 0.173 e. The number of aromatic nitrogens is 1. The van der Waals surface area contributed by atoms with Gasteiger partial charge in [-0.2, -0.15) is 0 Å². The summed E-state index contributed by atoms with van der Waals surface area (Å²) in [4.78, 5) is 0. The van der Waals surface area contributed by atoms with Crippen LogP contribution in [0, 0.1) is 6.92 Å². The fourth-order valence-corrected chi connectivity index (χ4v) is 2.81. The van der Waals surface area contributed by atoms with Gasteiger partial charge in [-0.1, -0.05) is 63.0 Å². The predicted molar refractivity (Wildman–Crippen MR) is 85.7 cm³/mol. The molecule has 0 radical (unpaired) electrons. The quantitative estimate of drug-likeness (QED) is 0.757. The lowest BCUT2D eigenvalue weighted by atomic mass is 10.0. The van der Waals surface area contributed by atoms with E-state index >= 15 is 0 Å². The summed E-state index contributed by atoms with van der Waals surface area (Å²) in [6, 6.07) is 15.7. The van der Waals surface area contributed by atoms with Gasteiger partial charge in [0.1, 0.15) is 5.69 Å².